The van der Waals surface area contributed by atoms with Gasteiger partial charge in [-0.15, -0.1) is 0 Å². The summed E-state index contributed by atoms with van der Waals surface area (Å²) in [5.41, 5.74) is 2.18. The first-order valence-electron chi connectivity index (χ1n) is 8.38. The predicted octanol–water partition coefficient (Wildman–Crippen LogP) is 3.03. The highest BCUT2D eigenvalue weighted by molar-refractivity contribution is 5.95. The second-order valence-corrected chi connectivity index (χ2v) is 6.98. The van der Waals surface area contributed by atoms with Gasteiger partial charge in [-0.2, -0.15) is 0 Å². The Labute approximate surface area is 126 Å². The van der Waals surface area contributed by atoms with E-state index in [0.29, 0.717) is 17.8 Å². The minimum Gasteiger partial charge on any atom is -0.326 e. The topological polar surface area (TPSA) is 41.1 Å². The van der Waals surface area contributed by atoms with Crippen LogP contribution in [0.2, 0.25) is 0 Å². The molecular formula is C18H24N2O. The maximum absolute atomic E-state index is 12.5. The van der Waals surface area contributed by atoms with E-state index in [1.807, 2.05) is 12.1 Å². The molecule has 3 nitrogen and oxygen atoms in total. The zero-order valence-corrected chi connectivity index (χ0v) is 12.6. The van der Waals surface area contributed by atoms with Gasteiger partial charge in [0.25, 0.3) is 0 Å². The summed E-state index contributed by atoms with van der Waals surface area (Å²) in [4.78, 5) is 12.5. The fourth-order valence-corrected chi connectivity index (χ4v) is 4.93. The average Bonchev–Trinajstić information content (AvgIpc) is 2.94. The van der Waals surface area contributed by atoms with Crippen molar-refractivity contribution in [2.75, 3.05) is 11.9 Å². The van der Waals surface area contributed by atoms with Crippen molar-refractivity contribution in [1.82, 2.24) is 5.32 Å². The summed E-state index contributed by atoms with van der Waals surface area (Å²) in [7, 11) is 0. The third kappa shape index (κ3) is 2.28. The van der Waals surface area contributed by atoms with Crippen LogP contribution >= 0.6 is 0 Å². The summed E-state index contributed by atoms with van der Waals surface area (Å²) in [5, 5.41) is 6.47. The number of benzene rings is 1. The quantitative estimate of drug-likeness (QED) is 0.872. The van der Waals surface area contributed by atoms with E-state index in [1.54, 1.807) is 0 Å². The van der Waals surface area contributed by atoms with Gasteiger partial charge in [0.2, 0.25) is 5.91 Å². The van der Waals surface area contributed by atoms with Crippen LogP contribution in [0, 0.1) is 29.6 Å². The number of carbonyl (C=O) groups is 1. The number of fused-ring (bicyclic) bond motifs is 5. The number of rotatable bonds is 5. The zero-order chi connectivity index (χ0) is 14.4. The monoisotopic (exact) mass is 284 g/mol. The largest absolute Gasteiger partial charge is 0.326 e. The third-order valence-corrected chi connectivity index (χ3v) is 5.81. The first-order valence-corrected chi connectivity index (χ1v) is 8.38. The lowest BCUT2D eigenvalue weighted by Gasteiger charge is -2.11. The first-order chi connectivity index (χ1) is 10.3. The minimum absolute atomic E-state index is 0.266. The average molecular weight is 284 g/mol. The Hall–Kier alpha value is -1.35. The standard InChI is InChI=1S/C18H24N2O/c1-2-19-10-11-4-3-5-14(8-11)20-18(21)17-15-12-6-7-13(9-12)16(15)17/h3-5,8,12-13,15-17,19H,2,6-7,9-10H2,1H3,(H,20,21). The molecule has 0 aliphatic heterocycles. The second-order valence-electron chi connectivity index (χ2n) is 6.98. The van der Waals surface area contributed by atoms with Crippen molar-refractivity contribution in [3.63, 3.8) is 0 Å². The number of amides is 1. The van der Waals surface area contributed by atoms with Crippen molar-refractivity contribution >= 4 is 11.6 Å². The van der Waals surface area contributed by atoms with E-state index in [1.165, 1.54) is 24.8 Å². The molecule has 4 unspecified atom stereocenters. The van der Waals surface area contributed by atoms with E-state index in [4.69, 9.17) is 0 Å². The van der Waals surface area contributed by atoms with E-state index in [0.717, 1.165) is 30.6 Å². The highest BCUT2D eigenvalue weighted by Gasteiger charge is 2.67. The summed E-state index contributed by atoms with van der Waals surface area (Å²) in [6.07, 6.45) is 4.14. The molecule has 112 valence electrons. The molecule has 1 amide bonds. The van der Waals surface area contributed by atoms with Crippen molar-refractivity contribution in [2.45, 2.75) is 32.7 Å². The Kier molecular flexibility index (Phi) is 3.26. The molecule has 3 saturated carbocycles. The summed E-state index contributed by atoms with van der Waals surface area (Å²) in [5.74, 6) is 3.73. The predicted molar refractivity (Wildman–Crippen MR) is 83.8 cm³/mol. The summed E-state index contributed by atoms with van der Waals surface area (Å²) < 4.78 is 0. The summed E-state index contributed by atoms with van der Waals surface area (Å²) >= 11 is 0. The van der Waals surface area contributed by atoms with Crippen LogP contribution in [-0.4, -0.2) is 12.5 Å². The summed E-state index contributed by atoms with van der Waals surface area (Å²) in [6.45, 7) is 3.93. The lowest BCUT2D eigenvalue weighted by molar-refractivity contribution is -0.118. The molecule has 2 bridgehead atoms. The first kappa shape index (κ1) is 13.3. The van der Waals surface area contributed by atoms with Crippen LogP contribution in [0.5, 0.6) is 0 Å². The Morgan fingerprint density at radius 2 is 2.00 bits per heavy atom. The Bertz CT molecular complexity index is 540. The van der Waals surface area contributed by atoms with Crippen LogP contribution in [0.4, 0.5) is 5.69 Å². The molecule has 0 saturated heterocycles. The van der Waals surface area contributed by atoms with Gasteiger partial charge in [-0.3, -0.25) is 4.79 Å². The third-order valence-electron chi connectivity index (χ3n) is 5.81. The van der Waals surface area contributed by atoms with E-state index >= 15 is 0 Å². The molecule has 1 aromatic carbocycles. The van der Waals surface area contributed by atoms with Crippen LogP contribution < -0.4 is 10.6 Å². The van der Waals surface area contributed by atoms with Crippen LogP contribution in [-0.2, 0) is 11.3 Å². The molecule has 4 rings (SSSR count). The van der Waals surface area contributed by atoms with Gasteiger partial charge >= 0.3 is 0 Å². The zero-order valence-electron chi connectivity index (χ0n) is 12.6. The summed E-state index contributed by atoms with van der Waals surface area (Å²) in [6, 6.07) is 8.22. The fourth-order valence-electron chi connectivity index (χ4n) is 4.93. The molecule has 2 N–H and O–H groups in total. The molecule has 4 atom stereocenters. The normalized spacial score (nSPS) is 35.6. The maximum atomic E-state index is 12.5. The lowest BCUT2D eigenvalue weighted by Crippen LogP contribution is -2.19. The van der Waals surface area contributed by atoms with Gasteiger partial charge in [0, 0.05) is 18.2 Å². The van der Waals surface area contributed by atoms with E-state index in [2.05, 4.69) is 29.7 Å². The SMILES string of the molecule is CCNCc1cccc(NC(=O)C2C3C4CCC(C4)C23)c1. The molecule has 21 heavy (non-hydrogen) atoms. The molecule has 3 fully saturated rings. The van der Waals surface area contributed by atoms with E-state index in [9.17, 15) is 4.79 Å². The van der Waals surface area contributed by atoms with Crippen LogP contribution in [0.25, 0.3) is 0 Å². The lowest BCUT2D eigenvalue weighted by atomic mass is 10.0. The smallest absolute Gasteiger partial charge is 0.228 e. The number of carbonyl (C=O) groups excluding carboxylic acids is 1. The Balaban J connectivity index is 1.39. The molecular weight excluding hydrogens is 260 g/mol. The molecule has 3 aliphatic carbocycles. The highest BCUT2D eigenvalue weighted by Crippen LogP contribution is 2.69. The van der Waals surface area contributed by atoms with E-state index < -0.39 is 0 Å². The molecule has 0 aromatic heterocycles. The van der Waals surface area contributed by atoms with Crippen molar-refractivity contribution in [1.29, 1.82) is 0 Å². The molecule has 3 heteroatoms. The van der Waals surface area contributed by atoms with Crippen LogP contribution in [0.15, 0.2) is 24.3 Å². The molecule has 0 heterocycles. The van der Waals surface area contributed by atoms with Gasteiger partial charge in [0.15, 0.2) is 0 Å². The van der Waals surface area contributed by atoms with E-state index in [-0.39, 0.29) is 5.91 Å². The molecule has 3 aliphatic rings. The van der Waals surface area contributed by atoms with Crippen LogP contribution in [0.3, 0.4) is 0 Å². The minimum atomic E-state index is 0.266. The maximum Gasteiger partial charge on any atom is 0.228 e. The van der Waals surface area contributed by atoms with Crippen LogP contribution in [0.1, 0.15) is 31.7 Å². The van der Waals surface area contributed by atoms with Crippen molar-refractivity contribution in [3.05, 3.63) is 29.8 Å². The number of nitrogens with one attached hydrogen (secondary N) is 2. The van der Waals surface area contributed by atoms with Gasteiger partial charge in [-0.25, -0.2) is 0 Å². The Morgan fingerprint density at radius 1 is 1.24 bits per heavy atom. The van der Waals surface area contributed by atoms with Gasteiger partial charge in [0.05, 0.1) is 0 Å². The highest BCUT2D eigenvalue weighted by atomic mass is 16.2. The van der Waals surface area contributed by atoms with Gasteiger partial charge in [-0.1, -0.05) is 19.1 Å². The fraction of sp³-hybridized carbons (Fsp3) is 0.611. The van der Waals surface area contributed by atoms with Crippen molar-refractivity contribution < 1.29 is 4.79 Å². The van der Waals surface area contributed by atoms with Gasteiger partial charge in [0.1, 0.15) is 0 Å². The molecule has 1 aromatic rings. The second kappa shape index (κ2) is 5.13. The molecule has 0 radical (unpaired) electrons. The van der Waals surface area contributed by atoms with Gasteiger partial charge in [-0.05, 0) is 67.2 Å². The van der Waals surface area contributed by atoms with Gasteiger partial charge < -0.3 is 10.6 Å². The number of hydrogen-bond acceptors (Lipinski definition) is 2. The number of anilines is 1. The van der Waals surface area contributed by atoms with Crippen molar-refractivity contribution in [3.8, 4) is 0 Å². The Morgan fingerprint density at radius 3 is 2.71 bits per heavy atom. The van der Waals surface area contributed by atoms with Crippen molar-refractivity contribution in [2.24, 2.45) is 29.6 Å². The molecule has 0 spiro atoms. The number of hydrogen-bond donors (Lipinski definition) is 2.